The monoisotopic (exact) mass is 269 g/mol. The third-order valence-corrected chi connectivity index (χ3v) is 4.44. The second-order valence-electron chi connectivity index (χ2n) is 2.73. The molecule has 0 atom stereocenters. The summed E-state index contributed by atoms with van der Waals surface area (Å²) in [6, 6.07) is 1.96. The first kappa shape index (κ1) is 11.1. The number of thiophene rings is 1. The van der Waals surface area contributed by atoms with Crippen LogP contribution < -0.4 is 0 Å². The number of nitrogens with zero attached hydrogens (tertiary/aromatic N) is 1. The second kappa shape index (κ2) is 5.12. The Morgan fingerprint density at radius 3 is 2.93 bits per heavy atom. The number of allylic oxidation sites excluding steroid dienone is 2. The topological polar surface area (TPSA) is 12.4 Å². The zero-order valence-electron chi connectivity index (χ0n) is 7.58. The summed E-state index contributed by atoms with van der Waals surface area (Å²) in [5, 5.41) is 3.96. The lowest BCUT2D eigenvalue weighted by Gasteiger charge is -1.91. The van der Waals surface area contributed by atoms with E-state index in [2.05, 4.69) is 17.6 Å². The third-order valence-electron chi connectivity index (χ3n) is 1.71. The molecule has 0 saturated heterocycles. The molecule has 0 aromatic carbocycles. The van der Waals surface area contributed by atoms with Crippen LogP contribution in [-0.2, 0) is 0 Å². The van der Waals surface area contributed by atoms with Crippen molar-refractivity contribution in [2.45, 2.75) is 4.90 Å². The van der Waals surface area contributed by atoms with Gasteiger partial charge in [-0.15, -0.1) is 24.0 Å². The van der Waals surface area contributed by atoms with Gasteiger partial charge in [0.05, 0.1) is 9.74 Å². The summed E-state index contributed by atoms with van der Waals surface area (Å²) in [6.45, 7) is 0. The Hall–Kier alpha value is -0.360. The van der Waals surface area contributed by atoms with Crippen molar-refractivity contribution < 1.29 is 0 Å². The number of thiocarbonyl (C=S) groups is 1. The first-order chi connectivity index (χ1) is 7.27. The lowest BCUT2D eigenvalue weighted by molar-refractivity contribution is 1.54. The van der Waals surface area contributed by atoms with Gasteiger partial charge in [-0.25, -0.2) is 0 Å². The molecule has 0 spiro atoms. The minimum atomic E-state index is 0.856. The predicted molar refractivity (Wildman–Crippen MR) is 76.6 cm³/mol. The average Bonchev–Trinajstić information content (AvgIpc) is 2.78. The van der Waals surface area contributed by atoms with E-state index in [1.54, 1.807) is 29.3 Å². The van der Waals surface area contributed by atoms with Gasteiger partial charge in [-0.3, -0.25) is 4.99 Å². The Bertz CT molecular complexity index is 468. The third kappa shape index (κ3) is 2.81. The molecule has 1 aliphatic heterocycles. The van der Waals surface area contributed by atoms with Gasteiger partial charge in [0.1, 0.15) is 0 Å². The summed E-state index contributed by atoms with van der Waals surface area (Å²) >= 11 is 12.6. The van der Waals surface area contributed by atoms with E-state index in [9.17, 15) is 0 Å². The summed E-state index contributed by atoms with van der Waals surface area (Å²) in [6.07, 6.45) is 5.51. The van der Waals surface area contributed by atoms with E-state index in [-0.39, 0.29) is 0 Å². The largest absolute Gasteiger partial charge is 0.262 e. The fraction of sp³-hybridized carbons (Fsp3) is 0. The zero-order chi connectivity index (χ0) is 10.7. The molecule has 2 rings (SSSR count). The second-order valence-corrected chi connectivity index (χ2v) is 5.54. The van der Waals surface area contributed by atoms with E-state index >= 15 is 0 Å². The van der Waals surface area contributed by atoms with Crippen LogP contribution in [0.1, 0.15) is 4.88 Å². The van der Waals surface area contributed by atoms with Crippen molar-refractivity contribution >= 4 is 59.0 Å². The van der Waals surface area contributed by atoms with Gasteiger partial charge in [0.25, 0.3) is 0 Å². The fourth-order valence-corrected chi connectivity index (χ4v) is 3.05. The molecule has 1 aromatic heterocycles. The molecule has 15 heavy (non-hydrogen) atoms. The number of rotatable bonds is 2. The molecule has 1 aliphatic rings. The molecule has 0 radical (unpaired) electrons. The summed E-state index contributed by atoms with van der Waals surface area (Å²) in [7, 11) is 0. The van der Waals surface area contributed by atoms with Crippen molar-refractivity contribution in [1.82, 2.24) is 0 Å². The fourth-order valence-electron chi connectivity index (χ4n) is 0.987. The van der Waals surface area contributed by atoms with Crippen molar-refractivity contribution in [2.75, 3.05) is 0 Å². The number of hydrogen-bond acceptors (Lipinski definition) is 5. The lowest BCUT2D eigenvalue weighted by Crippen LogP contribution is -1.83. The average molecular weight is 269 g/mol. The van der Waals surface area contributed by atoms with Crippen LogP contribution in [0, 0.1) is 0 Å². The van der Waals surface area contributed by atoms with Gasteiger partial charge in [0, 0.05) is 22.2 Å². The van der Waals surface area contributed by atoms with Gasteiger partial charge in [0.15, 0.2) is 0 Å². The zero-order valence-corrected chi connectivity index (χ0v) is 10.9. The first-order valence-electron chi connectivity index (χ1n) is 4.15. The molecule has 2 heterocycles. The normalized spacial score (nSPS) is 18.5. The van der Waals surface area contributed by atoms with E-state index in [0.29, 0.717) is 0 Å². The molecule has 0 saturated carbocycles. The molecular formula is C10H7NS4. The lowest BCUT2D eigenvalue weighted by atomic mass is 10.4. The molecule has 1 nitrogen and oxygen atoms in total. The van der Waals surface area contributed by atoms with Gasteiger partial charge in [-0.2, -0.15) is 0 Å². The van der Waals surface area contributed by atoms with E-state index in [1.807, 2.05) is 29.1 Å². The number of aliphatic imine (C=N–C) groups is 1. The number of hydrogen-bond donors (Lipinski definition) is 1. The number of thiol groups is 1. The maximum Gasteiger partial charge on any atom is 0.0586 e. The van der Waals surface area contributed by atoms with Crippen LogP contribution in [0.25, 0.3) is 0 Å². The highest BCUT2D eigenvalue weighted by molar-refractivity contribution is 8.08. The first-order valence-corrected chi connectivity index (χ1v) is 6.76. The minimum Gasteiger partial charge on any atom is -0.262 e. The van der Waals surface area contributed by atoms with Gasteiger partial charge >= 0.3 is 0 Å². The van der Waals surface area contributed by atoms with Crippen molar-refractivity contribution in [1.29, 1.82) is 0 Å². The summed E-state index contributed by atoms with van der Waals surface area (Å²) in [5.41, 5.74) is 0. The minimum absolute atomic E-state index is 0.856. The van der Waals surface area contributed by atoms with Crippen molar-refractivity contribution in [3.8, 4) is 0 Å². The molecule has 0 bridgehead atoms. The molecule has 0 aliphatic carbocycles. The van der Waals surface area contributed by atoms with Crippen molar-refractivity contribution in [3.63, 3.8) is 0 Å². The van der Waals surface area contributed by atoms with Gasteiger partial charge < -0.3 is 0 Å². The SMILES string of the molecule is S=C1C=CSC1=CN=Cc1sccc1S. The van der Waals surface area contributed by atoms with Crippen LogP contribution in [0.2, 0.25) is 0 Å². The van der Waals surface area contributed by atoms with Crippen LogP contribution in [0.4, 0.5) is 0 Å². The Balaban J connectivity index is 2.08. The van der Waals surface area contributed by atoms with Crippen LogP contribution in [0.15, 0.2) is 43.9 Å². The summed E-state index contributed by atoms with van der Waals surface area (Å²) < 4.78 is 0. The van der Waals surface area contributed by atoms with E-state index in [0.717, 1.165) is 19.5 Å². The van der Waals surface area contributed by atoms with Crippen LogP contribution in [-0.4, -0.2) is 11.1 Å². The van der Waals surface area contributed by atoms with Crippen LogP contribution in [0.5, 0.6) is 0 Å². The molecule has 5 heteroatoms. The van der Waals surface area contributed by atoms with Crippen LogP contribution in [0.3, 0.4) is 0 Å². The molecule has 0 N–H and O–H groups in total. The van der Waals surface area contributed by atoms with E-state index in [1.165, 1.54) is 0 Å². The van der Waals surface area contributed by atoms with Gasteiger partial charge in [-0.05, 0) is 22.9 Å². The molecule has 0 amide bonds. The Kier molecular flexibility index (Phi) is 3.80. The van der Waals surface area contributed by atoms with Gasteiger partial charge in [0.2, 0.25) is 0 Å². The van der Waals surface area contributed by atoms with E-state index in [4.69, 9.17) is 12.2 Å². The van der Waals surface area contributed by atoms with Crippen molar-refractivity contribution in [3.05, 3.63) is 38.9 Å². The maximum atomic E-state index is 5.12. The quantitative estimate of drug-likeness (QED) is 0.378. The predicted octanol–water partition coefficient (Wildman–Crippen LogP) is 3.93. The number of thioether (sulfide) groups is 1. The van der Waals surface area contributed by atoms with E-state index < -0.39 is 0 Å². The Morgan fingerprint density at radius 2 is 2.33 bits per heavy atom. The Labute approximate surface area is 107 Å². The smallest absolute Gasteiger partial charge is 0.0586 e. The standard InChI is InChI=1S/C10H7NS4/c12-7-1-3-14-9(7)5-11-6-10-8(13)2-4-15-10/h1-6,12H. The van der Waals surface area contributed by atoms with Crippen LogP contribution >= 0.6 is 47.9 Å². The molecule has 76 valence electrons. The highest BCUT2D eigenvalue weighted by Gasteiger charge is 2.06. The summed E-state index contributed by atoms with van der Waals surface area (Å²) in [4.78, 5) is 8.14. The molecule has 0 unspecified atom stereocenters. The summed E-state index contributed by atoms with van der Waals surface area (Å²) in [5.74, 6) is 0. The molecule has 0 fully saturated rings. The van der Waals surface area contributed by atoms with Gasteiger partial charge in [-0.1, -0.05) is 24.0 Å². The van der Waals surface area contributed by atoms with Crippen molar-refractivity contribution in [2.24, 2.45) is 4.99 Å². The highest BCUT2D eigenvalue weighted by Crippen LogP contribution is 2.26. The molecule has 1 aromatic rings. The Morgan fingerprint density at radius 1 is 1.47 bits per heavy atom. The molecular weight excluding hydrogens is 262 g/mol. The maximum absolute atomic E-state index is 5.12. The highest BCUT2D eigenvalue weighted by atomic mass is 32.2.